The normalized spacial score (nSPS) is 17.6. The van der Waals surface area contributed by atoms with Gasteiger partial charge in [-0.1, -0.05) is 0 Å². The Balaban J connectivity index is 0.000000239. The monoisotopic (exact) mass is 493 g/mol. The summed E-state index contributed by atoms with van der Waals surface area (Å²) in [5.41, 5.74) is 4.59. The lowest BCUT2D eigenvalue weighted by Crippen LogP contribution is -2.39. The second kappa shape index (κ2) is 10.2. The van der Waals surface area contributed by atoms with Gasteiger partial charge in [0.25, 0.3) is 0 Å². The van der Waals surface area contributed by atoms with Crippen LogP contribution < -0.4 is 10.2 Å². The molecular weight excluding hydrogens is 462 g/mol. The summed E-state index contributed by atoms with van der Waals surface area (Å²) in [6.45, 7) is 4.13. The fraction of sp³-hybridized carbons (Fsp3) is 0.440. The first-order chi connectivity index (χ1) is 17.0. The van der Waals surface area contributed by atoms with Gasteiger partial charge in [0.1, 0.15) is 17.0 Å². The minimum Gasteiger partial charge on any atom is -0.375 e. The number of hydrogen-bond donors (Lipinski definition) is 1. The van der Waals surface area contributed by atoms with Crippen molar-refractivity contribution >= 4 is 50.7 Å². The van der Waals surface area contributed by atoms with Crippen molar-refractivity contribution in [3.63, 3.8) is 0 Å². The fourth-order valence-corrected chi connectivity index (χ4v) is 5.89. The molecule has 0 bridgehead atoms. The van der Waals surface area contributed by atoms with Crippen LogP contribution in [-0.2, 0) is 22.4 Å². The number of ether oxygens (including phenoxy) is 1. The molecule has 0 spiro atoms. The zero-order chi connectivity index (χ0) is 24.4. The third-order valence-electron chi connectivity index (χ3n) is 6.42. The zero-order valence-electron chi connectivity index (χ0n) is 20.4. The van der Waals surface area contributed by atoms with Crippen LogP contribution in [0.15, 0.2) is 30.9 Å². The van der Waals surface area contributed by atoms with E-state index in [0.717, 1.165) is 53.5 Å². The summed E-state index contributed by atoms with van der Waals surface area (Å²) in [6, 6.07) is 4.13. The number of nitrogens with one attached hydrogen (secondary N) is 1. The molecule has 2 aliphatic rings. The molecule has 1 fully saturated rings. The van der Waals surface area contributed by atoms with Gasteiger partial charge in [-0.3, -0.25) is 4.79 Å². The van der Waals surface area contributed by atoms with Gasteiger partial charge in [0.2, 0.25) is 6.41 Å². The van der Waals surface area contributed by atoms with Crippen molar-refractivity contribution in [1.29, 1.82) is 0 Å². The van der Waals surface area contributed by atoms with Gasteiger partial charge in [-0.05, 0) is 50.3 Å². The van der Waals surface area contributed by atoms with Gasteiger partial charge in [0.05, 0.1) is 41.2 Å². The van der Waals surface area contributed by atoms with Gasteiger partial charge in [0, 0.05) is 38.3 Å². The number of thiophene rings is 1. The van der Waals surface area contributed by atoms with Crippen LogP contribution in [0.1, 0.15) is 30.2 Å². The SMILES string of the molecule is CC1CN(C=O)CCO1.CN(C)c1cn2nccc2cc1Nc1ncnc2sc3c(c12)CCCC3. The van der Waals surface area contributed by atoms with Crippen LogP contribution >= 0.6 is 11.3 Å². The Morgan fingerprint density at radius 3 is 2.89 bits per heavy atom. The summed E-state index contributed by atoms with van der Waals surface area (Å²) in [5.74, 6) is 0.904. The number of nitrogens with zero attached hydrogens (tertiary/aromatic N) is 6. The average molecular weight is 494 g/mol. The van der Waals surface area contributed by atoms with E-state index in [1.807, 2.05) is 55.3 Å². The number of amides is 1. The third kappa shape index (κ3) is 4.94. The standard InChI is InChI=1S/C19H20N6S.C6H11NO2/c1-24(2)15-10-25-12(7-8-22-25)9-14(15)23-18-17-13-5-3-4-6-16(13)26-19(17)21-11-20-18;1-6-4-7(5-8)2-3-9-6/h7-11H,3-6H2,1-2H3,(H,20,21,23);5-6H,2-4H2,1H3. The molecule has 1 amide bonds. The van der Waals surface area contributed by atoms with E-state index < -0.39 is 0 Å². The second-order valence-corrected chi connectivity index (χ2v) is 10.3. The highest BCUT2D eigenvalue weighted by atomic mass is 32.1. The molecule has 5 heterocycles. The minimum absolute atomic E-state index is 0.212. The maximum Gasteiger partial charge on any atom is 0.209 e. The van der Waals surface area contributed by atoms with Crippen molar-refractivity contribution in [2.24, 2.45) is 0 Å². The summed E-state index contributed by atoms with van der Waals surface area (Å²) < 4.78 is 7.10. The first-order valence-corrected chi connectivity index (χ1v) is 12.8. The average Bonchev–Trinajstić information content (AvgIpc) is 3.48. The molecular formula is C25H31N7O2S. The Labute approximate surface area is 208 Å². The lowest BCUT2D eigenvalue weighted by Gasteiger charge is -2.27. The van der Waals surface area contributed by atoms with Crippen LogP contribution in [-0.4, -0.2) is 70.8 Å². The van der Waals surface area contributed by atoms with E-state index in [-0.39, 0.29) is 6.10 Å². The van der Waals surface area contributed by atoms with E-state index in [1.165, 1.54) is 35.1 Å². The van der Waals surface area contributed by atoms with E-state index in [1.54, 1.807) is 11.2 Å². The number of morpholine rings is 1. The fourth-order valence-electron chi connectivity index (χ4n) is 4.66. The molecule has 0 saturated carbocycles. The first-order valence-electron chi connectivity index (χ1n) is 12.0. The molecule has 0 radical (unpaired) electrons. The van der Waals surface area contributed by atoms with Crippen LogP contribution in [0.4, 0.5) is 17.2 Å². The maximum absolute atomic E-state index is 10.2. The molecule has 10 heteroatoms. The van der Waals surface area contributed by atoms with Crippen molar-refractivity contribution in [3.8, 4) is 0 Å². The molecule has 0 aromatic carbocycles. The van der Waals surface area contributed by atoms with Gasteiger partial charge in [0.15, 0.2) is 0 Å². The van der Waals surface area contributed by atoms with Crippen molar-refractivity contribution < 1.29 is 9.53 Å². The largest absolute Gasteiger partial charge is 0.375 e. The molecule has 4 aromatic heterocycles. The van der Waals surface area contributed by atoms with Gasteiger partial charge in [-0.2, -0.15) is 5.10 Å². The highest BCUT2D eigenvalue weighted by Crippen LogP contribution is 2.39. The number of hydrogen-bond acceptors (Lipinski definition) is 8. The molecule has 1 atom stereocenters. The van der Waals surface area contributed by atoms with Crippen LogP contribution in [0.2, 0.25) is 0 Å². The summed E-state index contributed by atoms with van der Waals surface area (Å²) in [4.78, 5) is 25.7. The van der Waals surface area contributed by atoms with Crippen molar-refractivity contribution in [3.05, 3.63) is 41.3 Å². The van der Waals surface area contributed by atoms with E-state index in [0.29, 0.717) is 6.61 Å². The number of aryl methyl sites for hydroxylation is 2. The number of carbonyl (C=O) groups is 1. The molecule has 6 rings (SSSR count). The Kier molecular flexibility index (Phi) is 6.83. The van der Waals surface area contributed by atoms with Gasteiger partial charge < -0.3 is 19.9 Å². The number of rotatable bonds is 4. The van der Waals surface area contributed by atoms with E-state index >= 15 is 0 Å². The molecule has 1 unspecified atom stereocenters. The number of aromatic nitrogens is 4. The molecule has 1 saturated heterocycles. The smallest absolute Gasteiger partial charge is 0.209 e. The van der Waals surface area contributed by atoms with Crippen molar-refractivity contribution in [2.75, 3.05) is 44.0 Å². The molecule has 1 N–H and O–H groups in total. The van der Waals surface area contributed by atoms with Crippen LogP contribution in [0, 0.1) is 0 Å². The maximum atomic E-state index is 10.2. The molecule has 4 aromatic rings. The Hall–Kier alpha value is -3.24. The topological polar surface area (TPSA) is 87.9 Å². The van der Waals surface area contributed by atoms with E-state index in [9.17, 15) is 4.79 Å². The quantitative estimate of drug-likeness (QED) is 0.432. The lowest BCUT2D eigenvalue weighted by molar-refractivity contribution is -0.124. The zero-order valence-corrected chi connectivity index (χ0v) is 21.2. The summed E-state index contributed by atoms with van der Waals surface area (Å²) in [6.07, 6.45) is 11.4. The van der Waals surface area contributed by atoms with Crippen LogP contribution in [0.3, 0.4) is 0 Å². The van der Waals surface area contributed by atoms with Gasteiger partial charge in [-0.25, -0.2) is 14.5 Å². The molecule has 1 aliphatic heterocycles. The first kappa shape index (κ1) is 23.5. The van der Waals surface area contributed by atoms with Gasteiger partial charge in [-0.15, -0.1) is 11.3 Å². The third-order valence-corrected chi connectivity index (χ3v) is 7.62. The predicted molar refractivity (Wildman–Crippen MR) is 140 cm³/mol. The van der Waals surface area contributed by atoms with Crippen LogP contribution in [0.5, 0.6) is 0 Å². The van der Waals surface area contributed by atoms with Gasteiger partial charge >= 0.3 is 0 Å². The number of pyridine rings is 1. The highest BCUT2D eigenvalue weighted by Gasteiger charge is 2.21. The van der Waals surface area contributed by atoms with Crippen molar-refractivity contribution in [2.45, 2.75) is 38.7 Å². The predicted octanol–water partition coefficient (Wildman–Crippen LogP) is 3.89. The Bertz CT molecular complexity index is 1330. The second-order valence-electron chi connectivity index (χ2n) is 9.19. The summed E-state index contributed by atoms with van der Waals surface area (Å²) in [5, 5.41) is 9.13. The molecule has 9 nitrogen and oxygen atoms in total. The number of carbonyl (C=O) groups excluding carboxylic acids is 1. The Morgan fingerprint density at radius 1 is 1.26 bits per heavy atom. The Morgan fingerprint density at radius 2 is 2.11 bits per heavy atom. The van der Waals surface area contributed by atoms with E-state index in [4.69, 9.17) is 4.74 Å². The summed E-state index contributed by atoms with van der Waals surface area (Å²) in [7, 11) is 4.08. The molecule has 1 aliphatic carbocycles. The number of anilines is 3. The summed E-state index contributed by atoms with van der Waals surface area (Å²) >= 11 is 1.82. The number of fused-ring (bicyclic) bond motifs is 4. The minimum atomic E-state index is 0.212. The highest BCUT2D eigenvalue weighted by molar-refractivity contribution is 7.19. The van der Waals surface area contributed by atoms with Crippen LogP contribution in [0.25, 0.3) is 15.7 Å². The molecule has 184 valence electrons. The van der Waals surface area contributed by atoms with E-state index in [2.05, 4.69) is 31.3 Å². The molecule has 35 heavy (non-hydrogen) atoms. The lowest BCUT2D eigenvalue weighted by atomic mass is 9.97. The van der Waals surface area contributed by atoms with Crippen molar-refractivity contribution in [1.82, 2.24) is 24.5 Å².